The molecule has 1 aliphatic heterocycles. The lowest BCUT2D eigenvalue weighted by molar-refractivity contribution is -0.125. The van der Waals surface area contributed by atoms with E-state index in [-0.39, 0.29) is 11.9 Å². The molecule has 6 nitrogen and oxygen atoms in total. The molecule has 0 saturated carbocycles. The van der Waals surface area contributed by atoms with Crippen LogP contribution in [0.5, 0.6) is 0 Å². The Hall–Kier alpha value is -1.14. The maximum atomic E-state index is 11.5. The summed E-state index contributed by atoms with van der Waals surface area (Å²) in [7, 11) is 0. The highest BCUT2D eigenvalue weighted by Crippen LogP contribution is 2.04. The van der Waals surface area contributed by atoms with E-state index < -0.39 is 6.03 Å². The second kappa shape index (κ2) is 5.09. The number of imide groups is 1. The lowest BCUT2D eigenvalue weighted by Crippen LogP contribution is -2.56. The number of urea groups is 1. The van der Waals surface area contributed by atoms with Gasteiger partial charge in [-0.15, -0.1) is 0 Å². The lowest BCUT2D eigenvalue weighted by Gasteiger charge is -2.35. The van der Waals surface area contributed by atoms with Crippen molar-refractivity contribution < 1.29 is 9.59 Å². The van der Waals surface area contributed by atoms with E-state index in [1.54, 1.807) is 6.92 Å². The number of carbonyl (C=O) groups excluding carboxylic acids is 2. The van der Waals surface area contributed by atoms with Gasteiger partial charge in [0, 0.05) is 25.7 Å². The van der Waals surface area contributed by atoms with Crippen molar-refractivity contribution in [2.45, 2.75) is 25.9 Å². The number of piperazine rings is 1. The van der Waals surface area contributed by atoms with Crippen molar-refractivity contribution in [3.05, 3.63) is 0 Å². The van der Waals surface area contributed by atoms with Gasteiger partial charge in [0.25, 0.3) is 0 Å². The minimum atomic E-state index is -0.796. The standard InChI is InChI=1S/C9H18N4O2/c1-6-5-13(4-3-11-6)7(2)8(14)12-9(10)15/h6-7,11H,3-5H2,1-2H3,(H3,10,12,14,15)/t6-,7?/m0/s1. The molecule has 1 fully saturated rings. The highest BCUT2D eigenvalue weighted by Gasteiger charge is 2.25. The first-order valence-corrected chi connectivity index (χ1v) is 5.08. The Morgan fingerprint density at radius 2 is 2.27 bits per heavy atom. The van der Waals surface area contributed by atoms with E-state index in [1.807, 2.05) is 4.90 Å². The fourth-order valence-electron chi connectivity index (χ4n) is 1.71. The van der Waals surface area contributed by atoms with Crippen molar-refractivity contribution in [1.82, 2.24) is 15.5 Å². The summed E-state index contributed by atoms with van der Waals surface area (Å²) in [6.07, 6.45) is 0. The topological polar surface area (TPSA) is 87.5 Å². The molecule has 0 bridgehead atoms. The zero-order chi connectivity index (χ0) is 11.4. The Bertz CT molecular complexity index is 256. The third-order valence-electron chi connectivity index (χ3n) is 2.57. The van der Waals surface area contributed by atoms with Crippen LogP contribution in [0, 0.1) is 0 Å². The quantitative estimate of drug-likeness (QED) is 0.542. The van der Waals surface area contributed by atoms with Gasteiger partial charge in [0.1, 0.15) is 0 Å². The predicted octanol–water partition coefficient (Wildman–Crippen LogP) is -1.14. The molecule has 6 heteroatoms. The van der Waals surface area contributed by atoms with Crippen LogP contribution in [-0.4, -0.2) is 48.6 Å². The summed E-state index contributed by atoms with van der Waals surface area (Å²) in [5.41, 5.74) is 4.89. The third-order valence-corrected chi connectivity index (χ3v) is 2.57. The summed E-state index contributed by atoms with van der Waals surface area (Å²) in [6.45, 7) is 6.29. The van der Waals surface area contributed by atoms with Crippen LogP contribution in [0.2, 0.25) is 0 Å². The molecule has 0 aromatic rings. The molecule has 0 spiro atoms. The monoisotopic (exact) mass is 214 g/mol. The van der Waals surface area contributed by atoms with Gasteiger partial charge in [-0.25, -0.2) is 4.79 Å². The molecule has 4 N–H and O–H groups in total. The largest absolute Gasteiger partial charge is 0.351 e. The van der Waals surface area contributed by atoms with Gasteiger partial charge in [0.05, 0.1) is 6.04 Å². The summed E-state index contributed by atoms with van der Waals surface area (Å²) in [5, 5.41) is 5.37. The second-order valence-corrected chi connectivity index (χ2v) is 3.88. The van der Waals surface area contributed by atoms with E-state index in [4.69, 9.17) is 5.73 Å². The van der Waals surface area contributed by atoms with Gasteiger partial charge in [-0.2, -0.15) is 0 Å². The van der Waals surface area contributed by atoms with E-state index in [0.717, 1.165) is 19.6 Å². The van der Waals surface area contributed by atoms with Crippen molar-refractivity contribution in [1.29, 1.82) is 0 Å². The number of primary amides is 1. The number of hydrogen-bond acceptors (Lipinski definition) is 4. The van der Waals surface area contributed by atoms with Crippen molar-refractivity contribution >= 4 is 11.9 Å². The SMILES string of the molecule is CC(C(=O)NC(N)=O)N1CCN[C@@H](C)C1. The van der Waals surface area contributed by atoms with E-state index in [0.29, 0.717) is 6.04 Å². The van der Waals surface area contributed by atoms with Crippen LogP contribution < -0.4 is 16.4 Å². The van der Waals surface area contributed by atoms with Gasteiger partial charge in [-0.05, 0) is 13.8 Å². The van der Waals surface area contributed by atoms with Crippen LogP contribution in [-0.2, 0) is 4.79 Å². The number of amides is 3. The molecular weight excluding hydrogens is 196 g/mol. The van der Waals surface area contributed by atoms with Crippen molar-refractivity contribution in [3.63, 3.8) is 0 Å². The molecule has 0 aromatic carbocycles. The first-order chi connectivity index (χ1) is 7.00. The third kappa shape index (κ3) is 3.49. The molecule has 2 atom stereocenters. The van der Waals surface area contributed by atoms with E-state index in [9.17, 15) is 9.59 Å². The Balaban J connectivity index is 2.47. The van der Waals surface area contributed by atoms with Crippen molar-refractivity contribution in [3.8, 4) is 0 Å². The van der Waals surface area contributed by atoms with Crippen LogP contribution >= 0.6 is 0 Å². The predicted molar refractivity (Wildman–Crippen MR) is 56.2 cm³/mol. The van der Waals surface area contributed by atoms with Gasteiger partial charge in [0.2, 0.25) is 5.91 Å². The molecular formula is C9H18N4O2. The molecule has 1 heterocycles. The van der Waals surface area contributed by atoms with Crippen LogP contribution in [0.3, 0.4) is 0 Å². The van der Waals surface area contributed by atoms with Crippen molar-refractivity contribution in [2.75, 3.05) is 19.6 Å². The molecule has 3 amide bonds. The lowest BCUT2D eigenvalue weighted by atomic mass is 10.1. The van der Waals surface area contributed by atoms with Crippen LogP contribution in [0.25, 0.3) is 0 Å². The van der Waals surface area contributed by atoms with E-state index >= 15 is 0 Å². The molecule has 1 unspecified atom stereocenters. The Labute approximate surface area is 89.2 Å². The first kappa shape index (κ1) is 11.9. The number of rotatable bonds is 2. The van der Waals surface area contributed by atoms with E-state index in [1.165, 1.54) is 0 Å². The van der Waals surface area contributed by atoms with Crippen LogP contribution in [0.4, 0.5) is 4.79 Å². The normalized spacial score (nSPS) is 24.5. The molecule has 1 saturated heterocycles. The Morgan fingerprint density at radius 3 is 2.80 bits per heavy atom. The summed E-state index contributed by atoms with van der Waals surface area (Å²) in [4.78, 5) is 24.0. The molecule has 1 rings (SSSR count). The Morgan fingerprint density at radius 1 is 1.60 bits per heavy atom. The summed E-state index contributed by atoms with van der Waals surface area (Å²) in [5.74, 6) is -0.336. The molecule has 0 aromatic heterocycles. The summed E-state index contributed by atoms with van der Waals surface area (Å²) in [6, 6.07) is -0.750. The average molecular weight is 214 g/mol. The van der Waals surface area contributed by atoms with Gasteiger partial charge in [0.15, 0.2) is 0 Å². The average Bonchev–Trinajstić information content (AvgIpc) is 2.15. The summed E-state index contributed by atoms with van der Waals surface area (Å²) < 4.78 is 0. The minimum Gasteiger partial charge on any atom is -0.351 e. The molecule has 15 heavy (non-hydrogen) atoms. The van der Waals surface area contributed by atoms with Gasteiger partial charge < -0.3 is 11.1 Å². The highest BCUT2D eigenvalue weighted by atomic mass is 16.2. The molecule has 0 aliphatic carbocycles. The maximum Gasteiger partial charge on any atom is 0.318 e. The Kier molecular flexibility index (Phi) is 4.05. The maximum absolute atomic E-state index is 11.5. The number of carbonyl (C=O) groups is 2. The highest BCUT2D eigenvalue weighted by molar-refractivity contribution is 5.96. The molecule has 1 aliphatic rings. The summed E-state index contributed by atoms with van der Waals surface area (Å²) >= 11 is 0. The van der Waals surface area contributed by atoms with Gasteiger partial charge >= 0.3 is 6.03 Å². The number of hydrogen-bond donors (Lipinski definition) is 3. The zero-order valence-electron chi connectivity index (χ0n) is 9.12. The van der Waals surface area contributed by atoms with Gasteiger partial charge in [-0.1, -0.05) is 0 Å². The number of nitrogens with two attached hydrogens (primary N) is 1. The smallest absolute Gasteiger partial charge is 0.318 e. The van der Waals surface area contributed by atoms with Crippen molar-refractivity contribution in [2.24, 2.45) is 5.73 Å². The first-order valence-electron chi connectivity index (χ1n) is 5.08. The fourth-order valence-corrected chi connectivity index (χ4v) is 1.71. The second-order valence-electron chi connectivity index (χ2n) is 3.88. The molecule has 86 valence electrons. The number of nitrogens with zero attached hydrogens (tertiary/aromatic N) is 1. The minimum absolute atomic E-state index is 0.318. The van der Waals surface area contributed by atoms with Crippen LogP contribution in [0.15, 0.2) is 0 Å². The number of nitrogens with one attached hydrogen (secondary N) is 2. The van der Waals surface area contributed by atoms with E-state index in [2.05, 4.69) is 17.6 Å². The van der Waals surface area contributed by atoms with Crippen LogP contribution in [0.1, 0.15) is 13.8 Å². The van der Waals surface area contributed by atoms with Gasteiger partial charge in [-0.3, -0.25) is 15.0 Å². The zero-order valence-corrected chi connectivity index (χ0v) is 9.12. The molecule has 0 radical (unpaired) electrons. The fraction of sp³-hybridized carbons (Fsp3) is 0.778.